The first-order valence-corrected chi connectivity index (χ1v) is 15.6. The molecule has 2 unspecified atom stereocenters. The van der Waals surface area contributed by atoms with Crippen LogP contribution in [0, 0.1) is 13.8 Å². The van der Waals surface area contributed by atoms with Crippen molar-refractivity contribution >= 4 is 19.3 Å². The summed E-state index contributed by atoms with van der Waals surface area (Å²) in [5.41, 5.74) is 12.2. The van der Waals surface area contributed by atoms with Crippen LogP contribution >= 0.6 is 0 Å². The van der Waals surface area contributed by atoms with Crippen LogP contribution in [0.4, 0.5) is 0 Å². The number of halogens is 2. The van der Waals surface area contributed by atoms with E-state index in [0.29, 0.717) is 9.17 Å². The molecule has 7 rings (SSSR count). The molecule has 169 valence electrons. The maximum absolute atomic E-state index is 5.78. The van der Waals surface area contributed by atoms with E-state index in [9.17, 15) is 0 Å². The molecule has 2 bridgehead atoms. The predicted octanol–water partition coefficient (Wildman–Crippen LogP) is 1.93. The van der Waals surface area contributed by atoms with Crippen LogP contribution in [0.15, 0.2) is 64.1 Å². The molecule has 1 nitrogen and oxygen atoms in total. The van der Waals surface area contributed by atoms with Crippen LogP contribution in [0.3, 0.4) is 0 Å². The van der Waals surface area contributed by atoms with E-state index in [4.69, 9.17) is 4.42 Å². The third-order valence-electron chi connectivity index (χ3n) is 7.25. The summed E-state index contributed by atoms with van der Waals surface area (Å²) in [7, 11) is -1.10. The summed E-state index contributed by atoms with van der Waals surface area (Å²) >= 11 is 1.59. The fourth-order valence-electron chi connectivity index (χ4n) is 5.82. The summed E-state index contributed by atoms with van der Waals surface area (Å²) in [6.07, 6.45) is 2.36. The second kappa shape index (κ2) is 9.50. The molecule has 33 heavy (non-hydrogen) atoms. The van der Waals surface area contributed by atoms with Gasteiger partial charge in [-0.05, 0) is 25.1 Å². The Kier molecular flexibility index (Phi) is 7.62. The van der Waals surface area contributed by atoms with Gasteiger partial charge < -0.3 is 29.2 Å². The van der Waals surface area contributed by atoms with Crippen molar-refractivity contribution < 1.29 is 54.0 Å². The van der Waals surface area contributed by atoms with Gasteiger partial charge >= 0.3 is 124 Å². The van der Waals surface area contributed by atoms with Crippen LogP contribution in [-0.2, 0) is 24.7 Å². The van der Waals surface area contributed by atoms with Gasteiger partial charge in [0.15, 0.2) is 0 Å². The van der Waals surface area contributed by atoms with Gasteiger partial charge in [0.2, 0.25) is 0 Å². The first-order valence-electron chi connectivity index (χ1n) is 11.1. The van der Waals surface area contributed by atoms with E-state index < -0.39 is 8.07 Å². The fraction of sp³-hybridized carbons (Fsp3) is 0.286. The topological polar surface area (TPSA) is 13.1 Å². The van der Waals surface area contributed by atoms with Crippen molar-refractivity contribution in [1.29, 1.82) is 0 Å². The number of hydrogen-bond acceptors (Lipinski definition) is 1. The minimum Gasteiger partial charge on any atom is -1.00 e. The van der Waals surface area contributed by atoms with Crippen molar-refractivity contribution in [3.8, 4) is 11.1 Å². The Bertz CT molecular complexity index is 1270. The van der Waals surface area contributed by atoms with E-state index in [-0.39, 0.29) is 24.8 Å². The molecule has 5 heteroatoms. The molecular weight excluding hydrogens is 543 g/mol. The standard InChI is InChI=1S/C17H15.C11H14OSi.2ClH.Zr/c1-12-6-8-14(9-7-12)16-5-3-4-15-10-13(2)11-17(15)16;1-6-5-8-9(12-6)11-7(2)10(8)13(11,3)4;;;/h3-11H,1-2H3;5,11H,1-4H3;2*1H;/q;;;;+2/p-2. The molecule has 0 amide bonds. The van der Waals surface area contributed by atoms with Gasteiger partial charge in [-0.25, -0.2) is 0 Å². The van der Waals surface area contributed by atoms with Gasteiger partial charge in [-0.1, -0.05) is 18.7 Å². The van der Waals surface area contributed by atoms with Crippen molar-refractivity contribution in [2.75, 3.05) is 0 Å². The largest absolute Gasteiger partial charge is 1.00 e. The summed E-state index contributed by atoms with van der Waals surface area (Å²) in [6.45, 7) is 13.6. The van der Waals surface area contributed by atoms with Gasteiger partial charge in [-0.2, -0.15) is 0 Å². The van der Waals surface area contributed by atoms with Gasteiger partial charge in [0.1, 0.15) is 11.5 Å². The van der Waals surface area contributed by atoms with E-state index in [1.807, 2.05) is 6.92 Å². The number of furan rings is 1. The fourth-order valence-corrected chi connectivity index (χ4v) is 10.9. The molecule has 0 saturated carbocycles. The average molecular weight is 572 g/mol. The Labute approximate surface area is 226 Å². The quantitative estimate of drug-likeness (QED) is 0.407. The predicted molar refractivity (Wildman–Crippen MR) is 129 cm³/mol. The number of rotatable bonds is 1. The van der Waals surface area contributed by atoms with Crippen LogP contribution in [0.2, 0.25) is 13.1 Å². The molecular formula is C28H29Cl2OSiZr. The van der Waals surface area contributed by atoms with E-state index in [1.165, 1.54) is 44.7 Å². The van der Waals surface area contributed by atoms with Crippen LogP contribution in [0.5, 0.6) is 0 Å². The third-order valence-corrected chi connectivity index (χ3v) is 13.2. The van der Waals surface area contributed by atoms with Gasteiger partial charge in [0.05, 0.1) is 8.07 Å². The first kappa shape index (κ1) is 26.5. The van der Waals surface area contributed by atoms with Crippen molar-refractivity contribution in [1.82, 2.24) is 0 Å². The Morgan fingerprint density at radius 2 is 1.55 bits per heavy atom. The van der Waals surface area contributed by atoms with Crippen LogP contribution in [-0.4, -0.2) is 8.07 Å². The molecule has 2 aliphatic carbocycles. The van der Waals surface area contributed by atoms with Crippen LogP contribution in [0.25, 0.3) is 22.4 Å². The van der Waals surface area contributed by atoms with Gasteiger partial charge in [0.25, 0.3) is 0 Å². The van der Waals surface area contributed by atoms with Gasteiger partial charge in [-0.3, -0.25) is 0 Å². The molecule has 0 radical (unpaired) electrons. The number of benzene rings is 2. The normalized spacial score (nSPS) is 20.4. The number of fused-ring (bicyclic) bond motifs is 1. The molecule has 2 aliphatic heterocycles. The van der Waals surface area contributed by atoms with E-state index >= 15 is 0 Å². The molecule has 0 N–H and O–H groups in total. The Morgan fingerprint density at radius 3 is 2.15 bits per heavy atom. The third kappa shape index (κ3) is 4.14. The minimum atomic E-state index is -1.10. The van der Waals surface area contributed by atoms with Crippen molar-refractivity contribution in [3.05, 3.63) is 93.5 Å². The number of aryl methyl sites for hydroxylation is 2. The summed E-state index contributed by atoms with van der Waals surface area (Å²) in [5, 5.41) is 1.67. The maximum atomic E-state index is 5.78. The second-order valence-electron chi connectivity index (χ2n) is 9.84. The van der Waals surface area contributed by atoms with E-state index in [2.05, 4.69) is 88.5 Å². The van der Waals surface area contributed by atoms with Crippen molar-refractivity contribution in [2.45, 2.75) is 50.0 Å². The zero-order chi connectivity index (χ0) is 22.1. The zero-order valence-electron chi connectivity index (χ0n) is 20.0. The molecule has 0 saturated heterocycles. The zero-order valence-corrected chi connectivity index (χ0v) is 25.0. The van der Waals surface area contributed by atoms with Crippen molar-refractivity contribution in [2.24, 2.45) is 0 Å². The Hall–Kier alpha value is -1.12. The number of hydrogen-bond donors (Lipinski definition) is 0. The monoisotopic (exact) mass is 569 g/mol. The maximum Gasteiger partial charge on any atom is -1.00 e. The smallest absolute Gasteiger partial charge is 1.00 e. The molecule has 0 fully saturated rings. The van der Waals surface area contributed by atoms with E-state index in [1.54, 1.807) is 35.5 Å². The molecule has 0 spiro atoms. The summed E-state index contributed by atoms with van der Waals surface area (Å²) in [4.78, 5) is 0. The van der Waals surface area contributed by atoms with Crippen LogP contribution < -0.4 is 24.8 Å². The second-order valence-corrected chi connectivity index (χ2v) is 15.8. The summed E-state index contributed by atoms with van der Waals surface area (Å²) in [5.74, 6) is 2.35. The first-order chi connectivity index (χ1) is 14.7. The van der Waals surface area contributed by atoms with Gasteiger partial charge in [0, 0.05) is 11.1 Å². The molecule has 3 heterocycles. The number of allylic oxidation sites excluding steroid dienone is 2. The molecule has 1 aromatic heterocycles. The van der Waals surface area contributed by atoms with Crippen molar-refractivity contribution in [3.63, 3.8) is 0 Å². The summed E-state index contributed by atoms with van der Waals surface area (Å²) in [6, 6.07) is 17.8. The van der Waals surface area contributed by atoms with Crippen LogP contribution in [0.1, 0.15) is 56.8 Å². The molecule has 2 atom stereocenters. The molecule has 2 aromatic carbocycles. The molecule has 3 aromatic rings. The Balaban J connectivity index is 0.000000182. The Morgan fingerprint density at radius 1 is 0.879 bits per heavy atom. The minimum absolute atomic E-state index is 0. The van der Waals surface area contributed by atoms with E-state index in [0.717, 1.165) is 5.76 Å². The average Bonchev–Trinajstić information content (AvgIpc) is 3.37. The molecule has 4 aliphatic rings. The van der Waals surface area contributed by atoms with Gasteiger partial charge in [-0.15, -0.1) is 0 Å². The summed E-state index contributed by atoms with van der Waals surface area (Å²) < 4.78 is 6.43. The SMILES string of the molecule is CC1=C2c3cc(C)oc3C1[Si]2(C)C.CC1=Cc2c(-c3ccc(C)cc3)cccc2[CH]1[Zr+2].[Cl-].[Cl-].